The molecule has 15 heavy (non-hydrogen) atoms. The van der Waals surface area contributed by atoms with Crippen molar-refractivity contribution in [2.24, 2.45) is 4.99 Å². The first-order chi connectivity index (χ1) is 7.29. The monoisotopic (exact) mass is 242 g/mol. The summed E-state index contributed by atoms with van der Waals surface area (Å²) in [5.74, 6) is 1.81. The Morgan fingerprint density at radius 1 is 1.53 bits per heavy atom. The van der Waals surface area contributed by atoms with Crippen molar-refractivity contribution in [2.45, 2.75) is 0 Å². The number of methoxy groups -OCH3 is 1. The zero-order valence-corrected chi connectivity index (χ0v) is 9.86. The molecule has 0 aromatic heterocycles. The Morgan fingerprint density at radius 2 is 2.40 bits per heavy atom. The minimum Gasteiger partial charge on any atom is -0.497 e. The van der Waals surface area contributed by atoms with Crippen molar-refractivity contribution in [3.05, 3.63) is 23.2 Å². The van der Waals surface area contributed by atoms with Crippen LogP contribution in [-0.4, -0.2) is 24.6 Å². The maximum Gasteiger partial charge on any atom is 0.161 e. The van der Waals surface area contributed by atoms with Crippen LogP contribution in [0.4, 0.5) is 5.69 Å². The number of thioether (sulfide) groups is 1. The summed E-state index contributed by atoms with van der Waals surface area (Å²) in [4.78, 5) is 4.30. The van der Waals surface area contributed by atoms with E-state index in [-0.39, 0.29) is 0 Å². The van der Waals surface area contributed by atoms with E-state index >= 15 is 0 Å². The predicted octanol–water partition coefficient (Wildman–Crippen LogP) is 2.86. The Bertz CT molecular complexity index is 395. The average molecular weight is 243 g/mol. The molecule has 0 fully saturated rings. The number of hydrogen-bond donors (Lipinski definition) is 1. The Kier molecular flexibility index (Phi) is 3.38. The molecular formula is C10H11ClN2OS. The number of rotatable bonds is 2. The van der Waals surface area contributed by atoms with Crippen molar-refractivity contribution in [1.29, 1.82) is 0 Å². The van der Waals surface area contributed by atoms with Crippen molar-refractivity contribution in [1.82, 2.24) is 0 Å². The van der Waals surface area contributed by atoms with Gasteiger partial charge in [0.15, 0.2) is 5.17 Å². The first-order valence-corrected chi connectivity index (χ1v) is 5.94. The van der Waals surface area contributed by atoms with Gasteiger partial charge in [-0.05, 0) is 12.1 Å². The van der Waals surface area contributed by atoms with Crippen molar-refractivity contribution >= 4 is 34.2 Å². The summed E-state index contributed by atoms with van der Waals surface area (Å²) >= 11 is 7.75. The summed E-state index contributed by atoms with van der Waals surface area (Å²) in [5, 5.41) is 4.78. The molecule has 1 aromatic carbocycles. The molecule has 80 valence electrons. The van der Waals surface area contributed by atoms with Crippen LogP contribution in [0.3, 0.4) is 0 Å². The molecule has 1 N–H and O–H groups in total. The molecule has 0 radical (unpaired) electrons. The maximum atomic E-state index is 6.05. The highest BCUT2D eigenvalue weighted by Gasteiger charge is 2.09. The summed E-state index contributed by atoms with van der Waals surface area (Å²) in [5.41, 5.74) is 0.837. The SMILES string of the molecule is COc1ccc(Cl)c(NC2=NCCS2)c1. The Morgan fingerprint density at radius 3 is 3.07 bits per heavy atom. The summed E-state index contributed by atoms with van der Waals surface area (Å²) < 4.78 is 5.13. The third-order valence-corrected chi connectivity index (χ3v) is 3.22. The van der Waals surface area contributed by atoms with Crippen LogP contribution in [-0.2, 0) is 0 Å². The molecule has 0 atom stereocenters. The first kappa shape index (κ1) is 10.6. The van der Waals surface area contributed by atoms with E-state index in [9.17, 15) is 0 Å². The second-order valence-corrected chi connectivity index (χ2v) is 4.50. The fourth-order valence-corrected chi connectivity index (χ4v) is 2.16. The van der Waals surface area contributed by atoms with Gasteiger partial charge in [-0.25, -0.2) is 0 Å². The largest absolute Gasteiger partial charge is 0.497 e. The van der Waals surface area contributed by atoms with Crippen molar-refractivity contribution < 1.29 is 4.74 Å². The summed E-state index contributed by atoms with van der Waals surface area (Å²) in [6, 6.07) is 5.50. The van der Waals surface area contributed by atoms with Gasteiger partial charge in [-0.15, -0.1) is 0 Å². The number of hydrogen-bond acceptors (Lipinski definition) is 4. The molecule has 1 aliphatic rings. The van der Waals surface area contributed by atoms with Crippen molar-refractivity contribution in [3.63, 3.8) is 0 Å². The number of anilines is 1. The first-order valence-electron chi connectivity index (χ1n) is 4.57. The third kappa shape index (κ3) is 2.58. The normalized spacial score (nSPS) is 14.9. The molecule has 0 amide bonds. The average Bonchev–Trinajstić information content (AvgIpc) is 2.74. The van der Waals surface area contributed by atoms with Crippen LogP contribution in [0, 0.1) is 0 Å². The minimum absolute atomic E-state index is 0.672. The molecule has 0 bridgehead atoms. The fourth-order valence-electron chi connectivity index (χ4n) is 1.25. The molecule has 0 saturated heterocycles. The standard InChI is InChI=1S/C10H11ClN2OS/c1-14-7-2-3-8(11)9(6-7)13-10-12-4-5-15-10/h2-3,6H,4-5H2,1H3,(H,12,13). The van der Waals surface area contributed by atoms with Gasteiger partial charge in [0.1, 0.15) is 5.75 Å². The smallest absolute Gasteiger partial charge is 0.161 e. The van der Waals surface area contributed by atoms with Gasteiger partial charge in [0.25, 0.3) is 0 Å². The molecule has 1 aliphatic heterocycles. The number of aliphatic imine (C=N–C) groups is 1. The van der Waals surface area contributed by atoms with Gasteiger partial charge in [-0.3, -0.25) is 4.99 Å². The molecular weight excluding hydrogens is 232 g/mol. The van der Waals surface area contributed by atoms with Gasteiger partial charge in [0, 0.05) is 11.8 Å². The van der Waals surface area contributed by atoms with Crippen molar-refractivity contribution in [3.8, 4) is 5.75 Å². The number of nitrogens with one attached hydrogen (secondary N) is 1. The van der Waals surface area contributed by atoms with E-state index in [1.807, 2.05) is 18.2 Å². The number of halogens is 1. The van der Waals surface area contributed by atoms with E-state index in [4.69, 9.17) is 16.3 Å². The molecule has 1 aromatic rings. The minimum atomic E-state index is 0.672. The second kappa shape index (κ2) is 4.77. The van der Waals surface area contributed by atoms with Crippen LogP contribution in [0.15, 0.2) is 23.2 Å². The van der Waals surface area contributed by atoms with Gasteiger partial charge in [0.2, 0.25) is 0 Å². The summed E-state index contributed by atoms with van der Waals surface area (Å²) in [6.45, 7) is 0.870. The van der Waals surface area contributed by atoms with Crippen LogP contribution >= 0.6 is 23.4 Å². The lowest BCUT2D eigenvalue weighted by Gasteiger charge is -2.08. The van der Waals surface area contributed by atoms with Gasteiger partial charge in [-0.2, -0.15) is 0 Å². The van der Waals surface area contributed by atoms with E-state index in [1.165, 1.54) is 0 Å². The van der Waals surface area contributed by atoms with E-state index in [1.54, 1.807) is 18.9 Å². The van der Waals surface area contributed by atoms with Gasteiger partial charge in [0.05, 0.1) is 24.4 Å². The van der Waals surface area contributed by atoms with E-state index in [0.29, 0.717) is 5.02 Å². The second-order valence-electron chi connectivity index (χ2n) is 3.01. The lowest BCUT2D eigenvalue weighted by molar-refractivity contribution is 0.415. The molecule has 0 unspecified atom stereocenters. The highest BCUT2D eigenvalue weighted by Crippen LogP contribution is 2.28. The molecule has 3 nitrogen and oxygen atoms in total. The van der Waals surface area contributed by atoms with Crippen LogP contribution in [0.2, 0.25) is 5.02 Å². The maximum absolute atomic E-state index is 6.05. The Balaban J connectivity index is 2.18. The van der Waals surface area contributed by atoms with E-state index < -0.39 is 0 Å². The zero-order chi connectivity index (χ0) is 10.7. The molecule has 1 heterocycles. The lowest BCUT2D eigenvalue weighted by Crippen LogP contribution is -2.05. The highest BCUT2D eigenvalue weighted by atomic mass is 35.5. The van der Waals surface area contributed by atoms with Gasteiger partial charge in [-0.1, -0.05) is 23.4 Å². The molecule has 0 spiro atoms. The lowest BCUT2D eigenvalue weighted by atomic mass is 10.3. The topological polar surface area (TPSA) is 33.6 Å². The molecule has 2 rings (SSSR count). The van der Waals surface area contributed by atoms with Crippen LogP contribution in [0.1, 0.15) is 0 Å². The Hall–Kier alpha value is -0.870. The number of nitrogens with zero attached hydrogens (tertiary/aromatic N) is 1. The van der Waals surface area contributed by atoms with E-state index in [2.05, 4.69) is 10.3 Å². The van der Waals surface area contributed by atoms with Gasteiger partial charge < -0.3 is 10.1 Å². The number of ether oxygens (including phenoxy) is 1. The number of benzene rings is 1. The third-order valence-electron chi connectivity index (χ3n) is 2.00. The molecule has 0 aliphatic carbocycles. The van der Waals surface area contributed by atoms with Crippen molar-refractivity contribution in [2.75, 3.05) is 24.7 Å². The van der Waals surface area contributed by atoms with Gasteiger partial charge >= 0.3 is 0 Å². The van der Waals surface area contributed by atoms with Crippen LogP contribution < -0.4 is 10.1 Å². The highest BCUT2D eigenvalue weighted by molar-refractivity contribution is 8.14. The van der Waals surface area contributed by atoms with Crippen LogP contribution in [0.25, 0.3) is 0 Å². The Labute approximate surface area is 97.9 Å². The fraction of sp³-hybridized carbons (Fsp3) is 0.300. The molecule has 5 heteroatoms. The summed E-state index contributed by atoms with van der Waals surface area (Å²) in [6.07, 6.45) is 0. The number of amidine groups is 1. The van der Waals surface area contributed by atoms with E-state index in [0.717, 1.165) is 28.9 Å². The van der Waals surface area contributed by atoms with Crippen LogP contribution in [0.5, 0.6) is 5.75 Å². The predicted molar refractivity (Wildman–Crippen MR) is 66.4 cm³/mol. The summed E-state index contributed by atoms with van der Waals surface area (Å²) in [7, 11) is 1.63. The quantitative estimate of drug-likeness (QED) is 0.866. The zero-order valence-electron chi connectivity index (χ0n) is 8.29. The molecule has 0 saturated carbocycles.